The van der Waals surface area contributed by atoms with Gasteiger partial charge in [0.2, 0.25) is 0 Å². The molecule has 0 atom stereocenters. The maximum Gasteiger partial charge on any atom is 0.309 e. The summed E-state index contributed by atoms with van der Waals surface area (Å²) in [6, 6.07) is 3.06. The molecule has 1 aromatic carbocycles. The van der Waals surface area contributed by atoms with Crippen LogP contribution in [-0.4, -0.2) is 13.1 Å². The van der Waals surface area contributed by atoms with Crippen molar-refractivity contribution >= 4 is 17.6 Å². The van der Waals surface area contributed by atoms with E-state index in [2.05, 4.69) is 4.74 Å². The molecule has 0 saturated carbocycles. The highest BCUT2D eigenvalue weighted by molar-refractivity contribution is 6.17. The van der Waals surface area contributed by atoms with E-state index in [0.717, 1.165) is 0 Å². The summed E-state index contributed by atoms with van der Waals surface area (Å²) in [6.07, 6.45) is 0.0671. The highest BCUT2D eigenvalue weighted by Gasteiger charge is 2.09. The average molecular weight is 231 g/mol. The van der Waals surface area contributed by atoms with Crippen LogP contribution in [0.15, 0.2) is 12.1 Å². The first-order chi connectivity index (χ1) is 7.08. The monoisotopic (exact) mass is 230 g/mol. The molecule has 0 heterocycles. The summed E-state index contributed by atoms with van der Waals surface area (Å²) < 4.78 is 17.9. The van der Waals surface area contributed by atoms with Crippen LogP contribution in [-0.2, 0) is 21.8 Å². The fourth-order valence-electron chi connectivity index (χ4n) is 1.28. The summed E-state index contributed by atoms with van der Waals surface area (Å²) in [5, 5.41) is 0. The van der Waals surface area contributed by atoms with Crippen LogP contribution in [0.4, 0.5) is 4.39 Å². The molecule has 15 heavy (non-hydrogen) atoms. The third-order valence-corrected chi connectivity index (χ3v) is 2.52. The maximum atomic E-state index is 13.4. The molecular formula is C11H12ClFO2. The van der Waals surface area contributed by atoms with Gasteiger partial charge < -0.3 is 4.74 Å². The number of methoxy groups -OCH3 is 1. The van der Waals surface area contributed by atoms with E-state index in [4.69, 9.17) is 11.6 Å². The number of ether oxygens (including phenoxy) is 1. The molecule has 0 aliphatic heterocycles. The van der Waals surface area contributed by atoms with Gasteiger partial charge in [-0.05, 0) is 29.7 Å². The Morgan fingerprint density at radius 3 is 2.73 bits per heavy atom. The van der Waals surface area contributed by atoms with Gasteiger partial charge in [-0.2, -0.15) is 0 Å². The summed E-state index contributed by atoms with van der Waals surface area (Å²) in [6.45, 7) is 1.66. The van der Waals surface area contributed by atoms with Crippen LogP contribution in [0.25, 0.3) is 0 Å². The van der Waals surface area contributed by atoms with Crippen molar-refractivity contribution in [3.8, 4) is 0 Å². The van der Waals surface area contributed by atoms with Crippen LogP contribution in [0, 0.1) is 12.7 Å². The summed E-state index contributed by atoms with van der Waals surface area (Å²) in [5.74, 6) is -0.497. The summed E-state index contributed by atoms with van der Waals surface area (Å²) >= 11 is 5.66. The van der Waals surface area contributed by atoms with E-state index in [0.29, 0.717) is 16.7 Å². The number of benzene rings is 1. The molecule has 0 bridgehead atoms. The molecule has 1 aromatic rings. The van der Waals surface area contributed by atoms with Crippen LogP contribution in [0.2, 0.25) is 0 Å². The molecule has 0 N–H and O–H groups in total. The molecule has 0 spiro atoms. The van der Waals surface area contributed by atoms with Crippen LogP contribution in [0.3, 0.4) is 0 Å². The average Bonchev–Trinajstić information content (AvgIpc) is 2.22. The van der Waals surface area contributed by atoms with Gasteiger partial charge in [0.15, 0.2) is 0 Å². The molecule has 4 heteroatoms. The van der Waals surface area contributed by atoms with Crippen molar-refractivity contribution in [1.82, 2.24) is 0 Å². The van der Waals surface area contributed by atoms with Crippen LogP contribution in [0.5, 0.6) is 0 Å². The Labute approximate surface area is 93.0 Å². The predicted octanol–water partition coefficient (Wildman–Crippen LogP) is 2.59. The predicted molar refractivity (Wildman–Crippen MR) is 56.4 cm³/mol. The number of alkyl halides is 1. The zero-order valence-corrected chi connectivity index (χ0v) is 9.40. The zero-order chi connectivity index (χ0) is 11.4. The van der Waals surface area contributed by atoms with Crippen LogP contribution in [0.1, 0.15) is 16.7 Å². The maximum absolute atomic E-state index is 13.4. The number of esters is 1. The number of halogens is 2. The normalized spacial score (nSPS) is 10.1. The van der Waals surface area contributed by atoms with Gasteiger partial charge in [0, 0.05) is 5.88 Å². The van der Waals surface area contributed by atoms with Crippen molar-refractivity contribution in [3.05, 3.63) is 34.6 Å². The topological polar surface area (TPSA) is 26.3 Å². The molecule has 0 saturated heterocycles. The van der Waals surface area contributed by atoms with Gasteiger partial charge in [-0.25, -0.2) is 4.39 Å². The first kappa shape index (κ1) is 12.0. The zero-order valence-electron chi connectivity index (χ0n) is 8.64. The number of hydrogen-bond acceptors (Lipinski definition) is 2. The van der Waals surface area contributed by atoms with Crippen LogP contribution >= 0.6 is 11.6 Å². The van der Waals surface area contributed by atoms with Crippen molar-refractivity contribution in [2.24, 2.45) is 0 Å². The number of rotatable bonds is 3. The van der Waals surface area contributed by atoms with Gasteiger partial charge in [-0.15, -0.1) is 11.6 Å². The quantitative estimate of drug-likeness (QED) is 0.589. The second-order valence-corrected chi connectivity index (χ2v) is 3.52. The van der Waals surface area contributed by atoms with Gasteiger partial charge >= 0.3 is 5.97 Å². The first-order valence-corrected chi connectivity index (χ1v) is 5.02. The van der Waals surface area contributed by atoms with E-state index in [9.17, 15) is 9.18 Å². The molecule has 0 aromatic heterocycles. The standard InChI is InChI=1S/C11H12ClFO2/c1-7-9(6-12)3-8(4-10(7)13)5-11(14)15-2/h3-4H,5-6H2,1-2H3. The van der Waals surface area contributed by atoms with E-state index >= 15 is 0 Å². The van der Waals surface area contributed by atoms with Gasteiger partial charge in [0.1, 0.15) is 5.82 Å². The van der Waals surface area contributed by atoms with Gasteiger partial charge in [0.25, 0.3) is 0 Å². The Bertz CT molecular complexity index is 377. The van der Waals surface area contributed by atoms with E-state index in [1.54, 1.807) is 13.0 Å². The number of carbonyl (C=O) groups excluding carboxylic acids is 1. The first-order valence-electron chi connectivity index (χ1n) is 4.49. The fraction of sp³-hybridized carbons (Fsp3) is 0.364. The lowest BCUT2D eigenvalue weighted by molar-refractivity contribution is -0.139. The van der Waals surface area contributed by atoms with Gasteiger partial charge in [-0.3, -0.25) is 4.79 Å². The Hall–Kier alpha value is -1.09. The van der Waals surface area contributed by atoms with Crippen molar-refractivity contribution in [3.63, 3.8) is 0 Å². The van der Waals surface area contributed by atoms with Crippen molar-refractivity contribution in [2.45, 2.75) is 19.2 Å². The lowest BCUT2D eigenvalue weighted by atomic mass is 10.0. The van der Waals surface area contributed by atoms with Crippen LogP contribution < -0.4 is 0 Å². The highest BCUT2D eigenvalue weighted by atomic mass is 35.5. The van der Waals surface area contributed by atoms with E-state index < -0.39 is 5.97 Å². The van der Waals surface area contributed by atoms with Crippen molar-refractivity contribution in [1.29, 1.82) is 0 Å². The molecule has 82 valence electrons. The smallest absolute Gasteiger partial charge is 0.309 e. The molecule has 1 rings (SSSR count). The molecule has 0 amide bonds. The Morgan fingerprint density at radius 2 is 2.20 bits per heavy atom. The third-order valence-electron chi connectivity index (χ3n) is 2.23. The number of carbonyl (C=O) groups is 1. The summed E-state index contributed by atoms with van der Waals surface area (Å²) in [5.41, 5.74) is 1.81. The lowest BCUT2D eigenvalue weighted by Gasteiger charge is -2.07. The van der Waals surface area contributed by atoms with E-state index in [1.807, 2.05) is 0 Å². The molecular weight excluding hydrogens is 219 g/mol. The van der Waals surface area contributed by atoms with Crippen molar-refractivity contribution in [2.75, 3.05) is 7.11 Å². The summed E-state index contributed by atoms with van der Waals surface area (Å²) in [4.78, 5) is 11.0. The molecule has 0 aliphatic carbocycles. The van der Waals surface area contributed by atoms with E-state index in [1.165, 1.54) is 13.2 Å². The third kappa shape index (κ3) is 2.93. The fourth-order valence-corrected chi connectivity index (χ4v) is 1.56. The largest absolute Gasteiger partial charge is 0.469 e. The Morgan fingerprint density at radius 1 is 1.53 bits per heavy atom. The molecule has 2 nitrogen and oxygen atoms in total. The molecule has 0 unspecified atom stereocenters. The summed E-state index contributed by atoms with van der Waals surface area (Å²) in [7, 11) is 1.30. The second kappa shape index (κ2) is 5.12. The van der Waals surface area contributed by atoms with Gasteiger partial charge in [0.05, 0.1) is 13.5 Å². The molecule has 0 aliphatic rings. The minimum Gasteiger partial charge on any atom is -0.469 e. The SMILES string of the molecule is COC(=O)Cc1cc(F)c(C)c(CCl)c1. The minimum absolute atomic E-state index is 0.0671. The minimum atomic E-state index is -0.390. The lowest BCUT2D eigenvalue weighted by Crippen LogP contribution is -2.06. The highest BCUT2D eigenvalue weighted by Crippen LogP contribution is 2.18. The second-order valence-electron chi connectivity index (χ2n) is 3.25. The number of hydrogen-bond donors (Lipinski definition) is 0. The Balaban J connectivity index is 3.00. The molecule has 0 radical (unpaired) electrons. The Kier molecular flexibility index (Phi) is 4.09. The van der Waals surface area contributed by atoms with Crippen molar-refractivity contribution < 1.29 is 13.9 Å². The van der Waals surface area contributed by atoms with E-state index in [-0.39, 0.29) is 18.1 Å². The van der Waals surface area contributed by atoms with Gasteiger partial charge in [-0.1, -0.05) is 6.07 Å². The molecule has 0 fully saturated rings.